The van der Waals surface area contributed by atoms with E-state index in [1.165, 1.54) is 16.3 Å². The standard InChI is InChI=1S/C19H28N6O3S/c1-5-10-25(14-24-11-8-21-9-12-24)16-17(20-3)22-19(23(4)18(16)27)29-13-7-15(26)28-6-2/h21H,3,6-9,11-14H2,1-2,4H3. The van der Waals surface area contributed by atoms with Crippen LogP contribution in [0.25, 0.3) is 0 Å². The van der Waals surface area contributed by atoms with Gasteiger partial charge in [0, 0.05) is 45.0 Å². The molecule has 0 atom stereocenters. The number of carbonyl (C=O) groups is 1. The van der Waals surface area contributed by atoms with Crippen LogP contribution in [0.4, 0.5) is 11.5 Å². The van der Waals surface area contributed by atoms with Crippen molar-refractivity contribution in [1.82, 2.24) is 19.8 Å². The number of carbonyl (C=O) groups excluding carboxylic acids is 1. The lowest BCUT2D eigenvalue weighted by molar-refractivity contribution is -0.142. The quantitative estimate of drug-likeness (QED) is 0.157. The molecule has 9 nitrogen and oxygen atoms in total. The molecule has 1 aliphatic rings. The van der Waals surface area contributed by atoms with E-state index < -0.39 is 0 Å². The molecular formula is C19H28N6O3S. The van der Waals surface area contributed by atoms with Crippen molar-refractivity contribution in [3.05, 3.63) is 10.4 Å². The summed E-state index contributed by atoms with van der Waals surface area (Å²) in [6.45, 7) is 11.4. The molecule has 1 N–H and O–H groups in total. The van der Waals surface area contributed by atoms with E-state index in [9.17, 15) is 9.59 Å². The zero-order chi connectivity index (χ0) is 21.2. The fraction of sp³-hybridized carbons (Fsp3) is 0.579. The average Bonchev–Trinajstić information content (AvgIpc) is 2.71. The fourth-order valence-electron chi connectivity index (χ4n) is 2.84. The number of piperazine rings is 1. The van der Waals surface area contributed by atoms with Crippen molar-refractivity contribution in [1.29, 1.82) is 0 Å². The van der Waals surface area contributed by atoms with Crippen LogP contribution in [0.1, 0.15) is 20.3 Å². The molecule has 0 amide bonds. The minimum absolute atomic E-state index is 0.239. The first kappa shape index (κ1) is 22.9. The largest absolute Gasteiger partial charge is 0.466 e. The van der Waals surface area contributed by atoms with Crippen LogP contribution >= 0.6 is 11.8 Å². The van der Waals surface area contributed by atoms with Crippen molar-refractivity contribution in [2.24, 2.45) is 12.0 Å². The van der Waals surface area contributed by atoms with Crippen molar-refractivity contribution < 1.29 is 9.53 Å². The van der Waals surface area contributed by atoms with Crippen molar-refractivity contribution >= 4 is 36.0 Å². The van der Waals surface area contributed by atoms with Crippen molar-refractivity contribution in [2.75, 3.05) is 50.1 Å². The molecule has 0 spiro atoms. The van der Waals surface area contributed by atoms with Crippen LogP contribution < -0.4 is 15.8 Å². The topological polar surface area (TPSA) is 92.1 Å². The lowest BCUT2D eigenvalue weighted by atomic mass is 10.3. The minimum atomic E-state index is -0.274. The number of aliphatic imine (C=N–C) groups is 1. The summed E-state index contributed by atoms with van der Waals surface area (Å²) in [5.74, 6) is 3.29. The number of anilines is 1. The van der Waals surface area contributed by atoms with E-state index in [0.29, 0.717) is 29.9 Å². The highest BCUT2D eigenvalue weighted by Gasteiger charge is 2.22. The number of nitrogens with one attached hydrogen (secondary N) is 1. The van der Waals surface area contributed by atoms with Crippen molar-refractivity contribution in [3.8, 4) is 12.0 Å². The average molecular weight is 421 g/mol. The van der Waals surface area contributed by atoms with Crippen molar-refractivity contribution in [2.45, 2.75) is 25.4 Å². The van der Waals surface area contributed by atoms with E-state index >= 15 is 0 Å². The SMILES string of the molecule is C=Nc1nc(SCCC(=O)OCC)n(C)c(=O)c1N(C#CC)CN1CCNCC1. The number of ether oxygens (including phenoxy) is 1. The molecule has 1 aromatic rings. The summed E-state index contributed by atoms with van der Waals surface area (Å²) in [6.07, 6.45) is 0.239. The zero-order valence-corrected chi connectivity index (χ0v) is 18.0. The predicted molar refractivity (Wildman–Crippen MR) is 116 cm³/mol. The zero-order valence-electron chi connectivity index (χ0n) is 17.2. The number of thioether (sulfide) groups is 1. The molecule has 0 aliphatic carbocycles. The summed E-state index contributed by atoms with van der Waals surface area (Å²) in [6, 6.07) is 2.99. The molecule has 0 unspecified atom stereocenters. The molecule has 1 saturated heterocycles. The smallest absolute Gasteiger partial charge is 0.306 e. The van der Waals surface area contributed by atoms with Crippen LogP contribution in [0.5, 0.6) is 0 Å². The van der Waals surface area contributed by atoms with E-state index in [1.54, 1.807) is 25.8 Å². The Bertz CT molecular complexity index is 839. The highest BCUT2D eigenvalue weighted by Crippen LogP contribution is 2.26. The molecule has 158 valence electrons. The molecule has 2 rings (SSSR count). The van der Waals surface area contributed by atoms with Crippen LogP contribution in [0.2, 0.25) is 0 Å². The maximum absolute atomic E-state index is 13.1. The lowest BCUT2D eigenvalue weighted by Gasteiger charge is -2.31. The summed E-state index contributed by atoms with van der Waals surface area (Å²) in [5, 5.41) is 3.78. The summed E-state index contributed by atoms with van der Waals surface area (Å²) in [7, 11) is 1.65. The minimum Gasteiger partial charge on any atom is -0.466 e. The Balaban J connectivity index is 2.27. The third-order valence-electron chi connectivity index (χ3n) is 4.27. The van der Waals surface area contributed by atoms with Crippen molar-refractivity contribution in [3.63, 3.8) is 0 Å². The van der Waals surface area contributed by atoms with Gasteiger partial charge in [0.05, 0.1) is 19.7 Å². The molecular weight excluding hydrogens is 392 g/mol. The second-order valence-electron chi connectivity index (χ2n) is 6.29. The molecule has 0 radical (unpaired) electrons. The van der Waals surface area contributed by atoms with Gasteiger partial charge in [-0.1, -0.05) is 17.7 Å². The molecule has 1 aromatic heterocycles. The normalized spacial score (nSPS) is 14.0. The molecule has 2 heterocycles. The van der Waals surface area contributed by atoms with E-state index in [0.717, 1.165) is 26.2 Å². The highest BCUT2D eigenvalue weighted by molar-refractivity contribution is 7.99. The van der Waals surface area contributed by atoms with Gasteiger partial charge in [0.2, 0.25) is 0 Å². The van der Waals surface area contributed by atoms with E-state index in [-0.39, 0.29) is 23.8 Å². The summed E-state index contributed by atoms with van der Waals surface area (Å²) in [5.41, 5.74) is 0.0593. The molecule has 0 aromatic carbocycles. The first-order valence-electron chi connectivity index (χ1n) is 9.51. The maximum atomic E-state index is 13.1. The van der Waals surface area contributed by atoms with Crippen LogP contribution in [0.3, 0.4) is 0 Å². The fourth-order valence-corrected chi connectivity index (χ4v) is 3.72. The van der Waals surface area contributed by atoms with Gasteiger partial charge >= 0.3 is 5.97 Å². The molecule has 0 saturated carbocycles. The van der Waals surface area contributed by atoms with E-state index in [1.807, 2.05) is 0 Å². The number of aromatic nitrogens is 2. The molecule has 29 heavy (non-hydrogen) atoms. The third kappa shape index (κ3) is 6.32. The van der Waals surface area contributed by atoms with E-state index in [4.69, 9.17) is 4.74 Å². The Morgan fingerprint density at radius 2 is 2.17 bits per heavy atom. The summed E-state index contributed by atoms with van der Waals surface area (Å²) < 4.78 is 6.39. The van der Waals surface area contributed by atoms with Crippen LogP contribution in [0.15, 0.2) is 14.9 Å². The Kier molecular flexibility index (Phi) is 9.18. The van der Waals surface area contributed by atoms with Gasteiger partial charge in [-0.3, -0.25) is 24.0 Å². The van der Waals surface area contributed by atoms with Gasteiger partial charge in [-0.25, -0.2) is 9.98 Å². The second-order valence-corrected chi connectivity index (χ2v) is 7.35. The number of nitrogens with zero attached hydrogens (tertiary/aromatic N) is 5. The Hall–Kier alpha value is -2.35. The first-order chi connectivity index (χ1) is 14.0. The monoisotopic (exact) mass is 420 g/mol. The van der Waals surface area contributed by atoms with Gasteiger partial charge in [-0.15, -0.1) is 0 Å². The Morgan fingerprint density at radius 3 is 2.79 bits per heavy atom. The maximum Gasteiger partial charge on any atom is 0.306 e. The van der Waals surface area contributed by atoms with Gasteiger partial charge in [-0.05, 0) is 20.6 Å². The molecule has 1 fully saturated rings. The summed E-state index contributed by atoms with van der Waals surface area (Å²) in [4.78, 5) is 37.0. The lowest BCUT2D eigenvalue weighted by Crippen LogP contribution is -2.48. The Morgan fingerprint density at radius 1 is 1.45 bits per heavy atom. The highest BCUT2D eigenvalue weighted by atomic mass is 32.2. The third-order valence-corrected chi connectivity index (χ3v) is 5.30. The molecule has 0 bridgehead atoms. The number of hydrogen-bond acceptors (Lipinski definition) is 9. The Labute approximate surface area is 175 Å². The van der Waals surface area contributed by atoms with Gasteiger partial charge in [0.1, 0.15) is 0 Å². The number of rotatable bonds is 9. The molecule has 1 aliphatic heterocycles. The number of esters is 1. The first-order valence-corrected chi connectivity index (χ1v) is 10.5. The van der Waals surface area contributed by atoms with Crippen LogP contribution in [0, 0.1) is 12.0 Å². The molecule has 10 heteroatoms. The second kappa shape index (κ2) is 11.6. The van der Waals surface area contributed by atoms with Gasteiger partial charge in [0.25, 0.3) is 5.56 Å². The van der Waals surface area contributed by atoms with Crippen LogP contribution in [-0.4, -0.2) is 72.3 Å². The number of hydrogen-bond donors (Lipinski definition) is 1. The van der Waals surface area contributed by atoms with Gasteiger partial charge in [-0.2, -0.15) is 0 Å². The summed E-state index contributed by atoms with van der Waals surface area (Å²) >= 11 is 1.30. The predicted octanol–water partition coefficient (Wildman–Crippen LogP) is 0.808. The van der Waals surface area contributed by atoms with Gasteiger partial charge in [0.15, 0.2) is 16.7 Å². The van der Waals surface area contributed by atoms with E-state index in [2.05, 4.69) is 38.9 Å². The van der Waals surface area contributed by atoms with Gasteiger partial charge < -0.3 is 10.1 Å². The van der Waals surface area contributed by atoms with Crippen LogP contribution in [-0.2, 0) is 16.6 Å².